The first-order valence-electron chi connectivity index (χ1n) is 5.08. The van der Waals surface area contributed by atoms with E-state index < -0.39 is 13.2 Å². The van der Waals surface area contributed by atoms with E-state index in [0.717, 1.165) is 6.20 Å². The van der Waals surface area contributed by atoms with Gasteiger partial charge < -0.3 is 5.73 Å². The number of nitrogen functional groups attached to an aromatic ring is 1. The van der Waals surface area contributed by atoms with Gasteiger partial charge in [0.25, 0.3) is 0 Å². The van der Waals surface area contributed by atoms with Crippen molar-refractivity contribution in [3.63, 3.8) is 0 Å². The minimum atomic E-state index is -2.80. The minimum Gasteiger partial charge on any atom is -0.398 e. The van der Waals surface area contributed by atoms with Crippen LogP contribution in [0.1, 0.15) is 19.3 Å². The van der Waals surface area contributed by atoms with E-state index in [1.54, 1.807) is 0 Å². The van der Waals surface area contributed by atoms with Crippen LogP contribution in [0.4, 0.5) is 5.69 Å². The van der Waals surface area contributed by atoms with E-state index in [0.29, 0.717) is 0 Å². The predicted octanol–water partition coefficient (Wildman–Crippen LogP) is 1.88. The summed E-state index contributed by atoms with van der Waals surface area (Å²) < 4.78 is 36.1. The van der Waals surface area contributed by atoms with Gasteiger partial charge in [-0.1, -0.05) is 18.5 Å². The maximum absolute atomic E-state index is 7.47. The van der Waals surface area contributed by atoms with Crippen LogP contribution in [-0.4, -0.2) is 4.98 Å². The van der Waals surface area contributed by atoms with E-state index in [2.05, 4.69) is 4.98 Å². The second kappa shape index (κ2) is 2.88. The average Bonchev–Trinajstić information content (AvgIpc) is 2.00. The Balaban J connectivity index is 3.28. The van der Waals surface area contributed by atoms with E-state index >= 15 is 0 Å². The fraction of sp³-hybridized carbons (Fsp3) is 0.286. The molecule has 0 aromatic carbocycles. The van der Waals surface area contributed by atoms with E-state index in [-0.39, 0.29) is 16.4 Å². The lowest BCUT2D eigenvalue weighted by molar-refractivity contribution is 1.11. The van der Waals surface area contributed by atoms with Crippen LogP contribution in [0.25, 0.3) is 0 Å². The summed E-state index contributed by atoms with van der Waals surface area (Å²) in [6, 6.07) is 1.22. The molecular weight excluding hydrogens is 148 g/mol. The standard InChI is InChI=1S/C7H9ClN2/c1-2-5-4-10-7(8)3-6(5)9/h3-4H,2H2,1H3,(H2,9,10)/i1D3,2D2. The number of halogens is 1. The van der Waals surface area contributed by atoms with Crippen molar-refractivity contribution in [3.8, 4) is 0 Å². The molecule has 0 amide bonds. The first-order valence-corrected chi connectivity index (χ1v) is 2.95. The maximum atomic E-state index is 7.47. The van der Waals surface area contributed by atoms with Crippen LogP contribution in [0.15, 0.2) is 12.3 Å². The van der Waals surface area contributed by atoms with Crippen molar-refractivity contribution in [2.45, 2.75) is 13.2 Å². The summed E-state index contributed by atoms with van der Waals surface area (Å²) in [6.45, 7) is -2.80. The van der Waals surface area contributed by atoms with Crippen molar-refractivity contribution < 1.29 is 6.85 Å². The van der Waals surface area contributed by atoms with Gasteiger partial charge in [-0.15, -0.1) is 0 Å². The zero-order valence-electron chi connectivity index (χ0n) is 10.1. The van der Waals surface area contributed by atoms with Crippen molar-refractivity contribution in [3.05, 3.63) is 23.0 Å². The summed E-state index contributed by atoms with van der Waals surface area (Å²) in [4.78, 5) is 3.62. The third-order valence-electron chi connectivity index (χ3n) is 1.04. The molecule has 0 unspecified atom stereocenters. The molecule has 2 nitrogen and oxygen atoms in total. The Morgan fingerprint density at radius 3 is 3.40 bits per heavy atom. The maximum Gasteiger partial charge on any atom is 0.131 e. The molecule has 2 N–H and O–H groups in total. The normalized spacial score (nSPS) is 19.9. The second-order valence-corrected chi connectivity index (χ2v) is 2.11. The van der Waals surface area contributed by atoms with Gasteiger partial charge in [-0.25, -0.2) is 4.98 Å². The SMILES string of the molecule is [2H]C([2H])([2H])C([2H])([2H])c1cnc(Cl)cc1N. The Morgan fingerprint density at radius 1 is 2.00 bits per heavy atom. The topological polar surface area (TPSA) is 38.9 Å². The van der Waals surface area contributed by atoms with E-state index in [1.165, 1.54) is 6.07 Å². The molecule has 0 spiro atoms. The first-order chi connectivity index (χ1) is 6.66. The summed E-state index contributed by atoms with van der Waals surface area (Å²) in [6.07, 6.45) is -1.49. The van der Waals surface area contributed by atoms with Crippen LogP contribution >= 0.6 is 11.6 Å². The third kappa shape index (κ3) is 1.39. The number of rotatable bonds is 1. The number of hydrogen-bond donors (Lipinski definition) is 1. The van der Waals surface area contributed by atoms with Crippen molar-refractivity contribution >= 4 is 17.3 Å². The number of aromatic nitrogens is 1. The molecule has 0 aliphatic heterocycles. The Kier molecular flexibility index (Phi) is 0.892. The number of hydrogen-bond acceptors (Lipinski definition) is 2. The lowest BCUT2D eigenvalue weighted by Crippen LogP contribution is -1.93. The molecule has 1 aromatic rings. The van der Waals surface area contributed by atoms with Crippen LogP contribution in [0, 0.1) is 0 Å². The van der Waals surface area contributed by atoms with Gasteiger partial charge >= 0.3 is 0 Å². The Morgan fingerprint density at radius 2 is 2.80 bits per heavy atom. The summed E-state index contributed by atoms with van der Waals surface area (Å²) in [5.41, 5.74) is 5.30. The quantitative estimate of drug-likeness (QED) is 0.639. The molecule has 3 heteroatoms. The number of aryl methyl sites for hydroxylation is 1. The average molecular weight is 162 g/mol. The van der Waals surface area contributed by atoms with Gasteiger partial charge in [-0.05, 0) is 18.0 Å². The van der Waals surface area contributed by atoms with E-state index in [4.69, 9.17) is 24.2 Å². The van der Waals surface area contributed by atoms with Crippen molar-refractivity contribution in [2.24, 2.45) is 0 Å². The smallest absolute Gasteiger partial charge is 0.131 e. The van der Waals surface area contributed by atoms with Gasteiger partial charge in [0, 0.05) is 18.7 Å². The molecule has 1 rings (SSSR count). The number of nitrogens with zero attached hydrogens (tertiary/aromatic N) is 1. The van der Waals surface area contributed by atoms with Crippen LogP contribution in [-0.2, 0) is 6.37 Å². The number of anilines is 1. The summed E-state index contributed by atoms with van der Waals surface area (Å²) in [7, 11) is 0. The lowest BCUT2D eigenvalue weighted by Gasteiger charge is -2.00. The number of pyridine rings is 1. The predicted molar refractivity (Wildman–Crippen MR) is 43.0 cm³/mol. The molecule has 0 aliphatic carbocycles. The van der Waals surface area contributed by atoms with Gasteiger partial charge in [-0.3, -0.25) is 0 Å². The van der Waals surface area contributed by atoms with Gasteiger partial charge in [-0.2, -0.15) is 0 Å². The van der Waals surface area contributed by atoms with E-state index in [1.807, 2.05) is 0 Å². The number of nitrogens with two attached hydrogens (primary N) is 1. The molecule has 1 aromatic heterocycles. The highest BCUT2D eigenvalue weighted by molar-refractivity contribution is 6.29. The molecular formula is C7H9ClN2. The second-order valence-electron chi connectivity index (χ2n) is 1.72. The van der Waals surface area contributed by atoms with Crippen LogP contribution in [0.2, 0.25) is 5.15 Å². The molecule has 10 heavy (non-hydrogen) atoms. The van der Waals surface area contributed by atoms with Crippen LogP contribution in [0.5, 0.6) is 0 Å². The molecule has 1 heterocycles. The van der Waals surface area contributed by atoms with Crippen molar-refractivity contribution in [1.29, 1.82) is 0 Å². The molecule has 54 valence electrons. The molecule has 0 saturated heterocycles. The molecule has 0 aliphatic rings. The fourth-order valence-electron chi connectivity index (χ4n) is 0.549. The van der Waals surface area contributed by atoms with E-state index in [9.17, 15) is 0 Å². The van der Waals surface area contributed by atoms with Gasteiger partial charge in [0.2, 0.25) is 0 Å². The van der Waals surface area contributed by atoms with Crippen LogP contribution in [0.3, 0.4) is 0 Å². The minimum absolute atomic E-state index is 0.0175. The Bertz CT molecular complexity index is 376. The van der Waals surface area contributed by atoms with Gasteiger partial charge in [0.15, 0.2) is 0 Å². The van der Waals surface area contributed by atoms with Gasteiger partial charge in [0.1, 0.15) is 5.15 Å². The molecule has 0 radical (unpaired) electrons. The highest BCUT2D eigenvalue weighted by Crippen LogP contribution is 2.14. The third-order valence-corrected chi connectivity index (χ3v) is 1.24. The summed E-state index contributed by atoms with van der Waals surface area (Å²) in [5.74, 6) is 0. The molecule has 0 saturated carbocycles. The van der Waals surface area contributed by atoms with Crippen molar-refractivity contribution in [1.82, 2.24) is 4.98 Å². The Labute approximate surface area is 72.0 Å². The highest BCUT2D eigenvalue weighted by atomic mass is 35.5. The zero-order valence-corrected chi connectivity index (χ0v) is 5.81. The first kappa shape index (κ1) is 3.09. The summed E-state index contributed by atoms with van der Waals surface area (Å²) in [5, 5.41) is 0.0950. The van der Waals surface area contributed by atoms with Crippen molar-refractivity contribution in [2.75, 3.05) is 5.73 Å². The van der Waals surface area contributed by atoms with Crippen LogP contribution < -0.4 is 5.73 Å². The Hall–Kier alpha value is -0.760. The molecule has 0 atom stereocenters. The zero-order chi connectivity index (χ0) is 11.9. The monoisotopic (exact) mass is 161 g/mol. The largest absolute Gasteiger partial charge is 0.398 e. The highest BCUT2D eigenvalue weighted by Gasteiger charge is 1.96. The molecule has 0 bridgehead atoms. The summed E-state index contributed by atoms with van der Waals surface area (Å²) >= 11 is 5.53. The molecule has 0 fully saturated rings. The fourth-order valence-corrected chi connectivity index (χ4v) is 0.715. The van der Waals surface area contributed by atoms with Gasteiger partial charge in [0.05, 0.1) is 0 Å². The lowest BCUT2D eigenvalue weighted by atomic mass is 10.2.